The lowest BCUT2D eigenvalue weighted by molar-refractivity contribution is 0.0698. The molecule has 0 fully saturated rings. The van der Waals surface area contributed by atoms with E-state index in [-0.39, 0.29) is 16.5 Å². The topological polar surface area (TPSA) is 79.5 Å². The van der Waals surface area contributed by atoms with E-state index in [9.17, 15) is 9.59 Å². The fraction of sp³-hybridized carbons (Fsp3) is 0.167. The number of rotatable bonds is 4. The van der Waals surface area contributed by atoms with Crippen molar-refractivity contribution in [2.75, 3.05) is 5.32 Å². The van der Waals surface area contributed by atoms with Crippen molar-refractivity contribution in [3.63, 3.8) is 0 Å². The van der Waals surface area contributed by atoms with Gasteiger partial charge in [-0.1, -0.05) is 6.92 Å². The Morgan fingerprint density at radius 1 is 1.47 bits per heavy atom. The van der Waals surface area contributed by atoms with Crippen LogP contribution in [0.4, 0.5) is 5.00 Å². The lowest BCUT2D eigenvalue weighted by Gasteiger charge is -2.01. The third-order valence-corrected chi connectivity index (χ3v) is 3.78. The van der Waals surface area contributed by atoms with Crippen molar-refractivity contribution in [1.29, 1.82) is 0 Å². The summed E-state index contributed by atoms with van der Waals surface area (Å²) >= 11 is 6.81. The number of nitrogens with one attached hydrogen (secondary N) is 1. The molecule has 0 saturated heterocycles. The number of carbonyl (C=O) groups is 2. The van der Waals surface area contributed by atoms with Crippen LogP contribution in [0.2, 0.25) is 5.22 Å². The van der Waals surface area contributed by atoms with Gasteiger partial charge in [-0.05, 0) is 36.2 Å². The average Bonchev–Trinajstić information content (AvgIpc) is 2.95. The smallest absolute Gasteiger partial charge is 0.338 e. The number of carbonyl (C=O) groups excluding carboxylic acids is 1. The maximum absolute atomic E-state index is 11.9. The number of aromatic carboxylic acids is 1. The van der Waals surface area contributed by atoms with Gasteiger partial charge in [0.2, 0.25) is 0 Å². The van der Waals surface area contributed by atoms with Crippen LogP contribution in [0.25, 0.3) is 0 Å². The highest BCUT2D eigenvalue weighted by Crippen LogP contribution is 2.29. The fourth-order valence-electron chi connectivity index (χ4n) is 1.47. The fourth-order valence-corrected chi connectivity index (χ4v) is 2.60. The Balaban J connectivity index is 2.25. The van der Waals surface area contributed by atoms with Crippen molar-refractivity contribution in [3.8, 4) is 0 Å². The molecule has 0 spiro atoms. The van der Waals surface area contributed by atoms with Gasteiger partial charge in [0, 0.05) is 4.88 Å². The Bertz CT molecular complexity index is 631. The largest absolute Gasteiger partial charge is 0.478 e. The SMILES string of the molecule is CCc1cc(C(=O)O)c(NC(=O)c2ccc(Cl)o2)s1. The highest BCUT2D eigenvalue weighted by molar-refractivity contribution is 7.16. The molecule has 0 atom stereocenters. The van der Waals surface area contributed by atoms with Gasteiger partial charge in [0.1, 0.15) is 5.00 Å². The molecule has 2 heterocycles. The number of carboxylic acid groups (broad SMARTS) is 1. The molecule has 2 N–H and O–H groups in total. The van der Waals surface area contributed by atoms with Crippen molar-refractivity contribution in [1.82, 2.24) is 0 Å². The number of carboxylic acids is 1. The molecular formula is C12H10ClNO4S. The number of hydrogen-bond acceptors (Lipinski definition) is 4. The Morgan fingerprint density at radius 2 is 2.21 bits per heavy atom. The van der Waals surface area contributed by atoms with Crippen molar-refractivity contribution >= 4 is 39.8 Å². The van der Waals surface area contributed by atoms with Crippen molar-refractivity contribution in [2.45, 2.75) is 13.3 Å². The van der Waals surface area contributed by atoms with Crippen molar-refractivity contribution in [3.05, 3.63) is 39.6 Å². The van der Waals surface area contributed by atoms with E-state index in [4.69, 9.17) is 21.1 Å². The first-order chi connectivity index (χ1) is 9.01. The second-order valence-corrected chi connectivity index (χ2v) is 5.18. The van der Waals surface area contributed by atoms with Crippen molar-refractivity contribution < 1.29 is 19.1 Å². The third kappa shape index (κ3) is 2.97. The molecule has 0 unspecified atom stereocenters. The second kappa shape index (κ2) is 5.46. The Kier molecular flexibility index (Phi) is 3.92. The first kappa shape index (κ1) is 13.6. The van der Waals surface area contributed by atoms with E-state index < -0.39 is 11.9 Å². The van der Waals surface area contributed by atoms with Crippen molar-refractivity contribution in [2.24, 2.45) is 0 Å². The van der Waals surface area contributed by atoms with Crippen LogP contribution in [0.15, 0.2) is 22.6 Å². The van der Waals surface area contributed by atoms with E-state index in [2.05, 4.69) is 5.32 Å². The predicted octanol–water partition coefficient (Wildman–Crippen LogP) is 3.51. The van der Waals surface area contributed by atoms with Crippen LogP contribution in [0.3, 0.4) is 0 Å². The molecule has 0 aliphatic heterocycles. The van der Waals surface area contributed by atoms with Crippen LogP contribution in [-0.4, -0.2) is 17.0 Å². The highest BCUT2D eigenvalue weighted by Gasteiger charge is 2.19. The van der Waals surface area contributed by atoms with Crippen LogP contribution in [-0.2, 0) is 6.42 Å². The summed E-state index contributed by atoms with van der Waals surface area (Å²) in [5.74, 6) is -1.57. The van der Waals surface area contributed by atoms with Crippen LogP contribution in [0.1, 0.15) is 32.7 Å². The molecule has 5 nitrogen and oxygen atoms in total. The quantitative estimate of drug-likeness (QED) is 0.905. The minimum Gasteiger partial charge on any atom is -0.478 e. The maximum atomic E-state index is 11.9. The molecule has 0 aliphatic carbocycles. The lowest BCUT2D eigenvalue weighted by Crippen LogP contribution is -2.12. The van der Waals surface area contributed by atoms with Crippen LogP contribution in [0, 0.1) is 0 Å². The number of hydrogen-bond donors (Lipinski definition) is 2. The Hall–Kier alpha value is -1.79. The van der Waals surface area contributed by atoms with Crippen LogP contribution < -0.4 is 5.32 Å². The molecule has 0 saturated carbocycles. The van der Waals surface area contributed by atoms with Gasteiger partial charge in [0.25, 0.3) is 5.91 Å². The van der Waals surface area contributed by atoms with Gasteiger partial charge >= 0.3 is 5.97 Å². The van der Waals surface area contributed by atoms with Gasteiger partial charge in [0.15, 0.2) is 11.0 Å². The molecule has 19 heavy (non-hydrogen) atoms. The van der Waals surface area contributed by atoms with Crippen LogP contribution in [0.5, 0.6) is 0 Å². The molecule has 0 bridgehead atoms. The summed E-state index contributed by atoms with van der Waals surface area (Å²) in [7, 11) is 0. The average molecular weight is 300 g/mol. The predicted molar refractivity (Wildman–Crippen MR) is 72.3 cm³/mol. The Morgan fingerprint density at radius 3 is 2.74 bits per heavy atom. The standard InChI is InChI=1S/C12H10ClNO4S/c1-2-6-5-7(12(16)17)11(19-6)14-10(15)8-3-4-9(13)18-8/h3-5H,2H2,1H3,(H,14,15)(H,16,17). The zero-order valence-corrected chi connectivity index (χ0v) is 11.5. The number of furan rings is 1. The highest BCUT2D eigenvalue weighted by atomic mass is 35.5. The van der Waals surface area contributed by atoms with Gasteiger partial charge in [0.05, 0.1) is 5.56 Å². The molecule has 0 aliphatic rings. The molecular weight excluding hydrogens is 290 g/mol. The molecule has 0 radical (unpaired) electrons. The summed E-state index contributed by atoms with van der Waals surface area (Å²) < 4.78 is 4.96. The van der Waals surface area contributed by atoms with Gasteiger partial charge in [-0.3, -0.25) is 4.79 Å². The Labute approximate surface area is 117 Å². The first-order valence-electron chi connectivity index (χ1n) is 5.44. The summed E-state index contributed by atoms with van der Waals surface area (Å²) in [6, 6.07) is 4.42. The lowest BCUT2D eigenvalue weighted by atomic mass is 10.2. The summed E-state index contributed by atoms with van der Waals surface area (Å²) in [6.45, 7) is 1.91. The van der Waals surface area contributed by atoms with E-state index in [0.717, 1.165) is 4.88 Å². The maximum Gasteiger partial charge on any atom is 0.338 e. The number of anilines is 1. The number of halogens is 1. The summed E-state index contributed by atoms with van der Waals surface area (Å²) in [5, 5.41) is 12.0. The monoisotopic (exact) mass is 299 g/mol. The molecule has 7 heteroatoms. The zero-order valence-electron chi connectivity index (χ0n) is 9.90. The molecule has 2 rings (SSSR count). The van der Waals surface area contributed by atoms with E-state index >= 15 is 0 Å². The van der Waals surface area contributed by atoms with Crippen LogP contribution >= 0.6 is 22.9 Å². The van der Waals surface area contributed by atoms with Gasteiger partial charge in [-0.2, -0.15) is 0 Å². The van der Waals surface area contributed by atoms with Gasteiger partial charge in [-0.25, -0.2) is 4.79 Å². The second-order valence-electron chi connectivity index (χ2n) is 3.67. The van der Waals surface area contributed by atoms with Gasteiger partial charge in [-0.15, -0.1) is 11.3 Å². The van der Waals surface area contributed by atoms with E-state index in [1.165, 1.54) is 23.5 Å². The molecule has 1 amide bonds. The molecule has 2 aromatic rings. The normalized spacial score (nSPS) is 10.4. The van der Waals surface area contributed by atoms with E-state index in [1.807, 2.05) is 6.92 Å². The number of thiophene rings is 1. The third-order valence-electron chi connectivity index (χ3n) is 2.39. The number of aryl methyl sites for hydroxylation is 1. The molecule has 0 aromatic carbocycles. The first-order valence-corrected chi connectivity index (χ1v) is 6.63. The minimum absolute atomic E-state index is 0.0350. The number of amides is 1. The summed E-state index contributed by atoms with van der Waals surface area (Å²) in [5.41, 5.74) is 0.0767. The summed E-state index contributed by atoms with van der Waals surface area (Å²) in [4.78, 5) is 23.8. The van der Waals surface area contributed by atoms with E-state index in [0.29, 0.717) is 11.4 Å². The van der Waals surface area contributed by atoms with Gasteiger partial charge < -0.3 is 14.8 Å². The minimum atomic E-state index is -1.08. The molecule has 2 aromatic heterocycles. The zero-order chi connectivity index (χ0) is 14.0. The molecule has 100 valence electrons. The summed E-state index contributed by atoms with van der Waals surface area (Å²) in [6.07, 6.45) is 0.702. The van der Waals surface area contributed by atoms with E-state index in [1.54, 1.807) is 6.07 Å².